The van der Waals surface area contributed by atoms with Gasteiger partial charge in [-0.05, 0) is 6.42 Å². The van der Waals surface area contributed by atoms with Crippen LogP contribution in [0.25, 0.3) is 0 Å². The number of amides is 1. The van der Waals surface area contributed by atoms with Crippen molar-refractivity contribution >= 4 is 17.7 Å². The summed E-state index contributed by atoms with van der Waals surface area (Å²) in [4.78, 5) is 17.2. The largest absolute Gasteiger partial charge is 0.440 e. The molecule has 1 fully saturated rings. The second-order valence-electron chi connectivity index (χ2n) is 2.95. The lowest BCUT2D eigenvalue weighted by molar-refractivity contribution is -0.126. The van der Waals surface area contributed by atoms with Crippen LogP contribution in [0.1, 0.15) is 6.42 Å². The average molecular weight is 198 g/mol. The van der Waals surface area contributed by atoms with Crippen LogP contribution < -0.4 is 0 Å². The molecule has 0 N–H and O–H groups in total. The van der Waals surface area contributed by atoms with Crippen LogP contribution in [0.15, 0.2) is 22.1 Å². The standard InChI is InChI=1S/C8H10N2O2S/c1-10-4-2-6(7(10)11)13-8-9-3-5-12-8/h3,5-6H,2,4H2,1H3. The van der Waals surface area contributed by atoms with Crippen LogP contribution in [-0.2, 0) is 4.79 Å². The highest BCUT2D eigenvalue weighted by molar-refractivity contribution is 8.00. The SMILES string of the molecule is CN1CCC(Sc2ncco2)C1=O. The first-order valence-corrected chi connectivity index (χ1v) is 4.96. The van der Waals surface area contributed by atoms with Crippen molar-refractivity contribution in [2.75, 3.05) is 13.6 Å². The number of oxazole rings is 1. The fourth-order valence-electron chi connectivity index (χ4n) is 1.29. The Kier molecular flexibility index (Phi) is 2.26. The Morgan fingerprint density at radius 2 is 2.62 bits per heavy atom. The number of carbonyl (C=O) groups is 1. The Morgan fingerprint density at radius 1 is 1.77 bits per heavy atom. The monoisotopic (exact) mass is 198 g/mol. The molecule has 0 spiro atoms. The molecule has 0 radical (unpaired) electrons. The number of aromatic nitrogens is 1. The molecule has 1 aliphatic heterocycles. The van der Waals surface area contributed by atoms with E-state index in [1.807, 2.05) is 7.05 Å². The molecule has 1 amide bonds. The van der Waals surface area contributed by atoms with Crippen molar-refractivity contribution in [2.45, 2.75) is 16.9 Å². The first-order valence-electron chi connectivity index (χ1n) is 4.08. The van der Waals surface area contributed by atoms with E-state index in [-0.39, 0.29) is 11.2 Å². The third-order valence-corrected chi connectivity index (χ3v) is 3.16. The van der Waals surface area contributed by atoms with Gasteiger partial charge in [0.05, 0.1) is 11.4 Å². The van der Waals surface area contributed by atoms with Crippen LogP contribution in [-0.4, -0.2) is 34.6 Å². The third kappa shape index (κ3) is 1.70. The number of hydrogen-bond acceptors (Lipinski definition) is 4. The van der Waals surface area contributed by atoms with Crippen molar-refractivity contribution in [2.24, 2.45) is 0 Å². The molecule has 1 aliphatic rings. The van der Waals surface area contributed by atoms with Gasteiger partial charge in [-0.15, -0.1) is 0 Å². The van der Waals surface area contributed by atoms with E-state index in [0.29, 0.717) is 5.22 Å². The van der Waals surface area contributed by atoms with Gasteiger partial charge in [0.15, 0.2) is 0 Å². The zero-order valence-corrected chi connectivity index (χ0v) is 8.08. The van der Waals surface area contributed by atoms with Crippen molar-refractivity contribution in [3.63, 3.8) is 0 Å². The normalized spacial score (nSPS) is 22.7. The Labute approximate surface area is 80.3 Å². The summed E-state index contributed by atoms with van der Waals surface area (Å²) >= 11 is 1.40. The smallest absolute Gasteiger partial charge is 0.256 e. The number of hydrogen-bond donors (Lipinski definition) is 0. The van der Waals surface area contributed by atoms with Crippen molar-refractivity contribution < 1.29 is 9.21 Å². The van der Waals surface area contributed by atoms with E-state index in [1.54, 1.807) is 11.1 Å². The van der Waals surface area contributed by atoms with E-state index < -0.39 is 0 Å². The van der Waals surface area contributed by atoms with Crippen LogP contribution in [0.4, 0.5) is 0 Å². The third-order valence-electron chi connectivity index (χ3n) is 2.03. The lowest BCUT2D eigenvalue weighted by atomic mass is 10.4. The van der Waals surface area contributed by atoms with Crippen LogP contribution in [0.2, 0.25) is 0 Å². The second-order valence-corrected chi connectivity index (χ2v) is 4.11. The van der Waals surface area contributed by atoms with Crippen LogP contribution >= 0.6 is 11.8 Å². The summed E-state index contributed by atoms with van der Waals surface area (Å²) in [6.07, 6.45) is 3.99. The Bertz CT molecular complexity index is 299. The number of rotatable bonds is 2. The summed E-state index contributed by atoms with van der Waals surface area (Å²) in [7, 11) is 1.82. The predicted molar refractivity (Wildman–Crippen MR) is 48.4 cm³/mol. The van der Waals surface area contributed by atoms with E-state index >= 15 is 0 Å². The number of carbonyl (C=O) groups excluding carboxylic acids is 1. The van der Waals surface area contributed by atoms with Crippen molar-refractivity contribution in [1.82, 2.24) is 9.88 Å². The molecule has 5 heteroatoms. The first kappa shape index (κ1) is 8.62. The molecule has 13 heavy (non-hydrogen) atoms. The molecule has 0 aromatic carbocycles. The van der Waals surface area contributed by atoms with Gasteiger partial charge >= 0.3 is 0 Å². The summed E-state index contributed by atoms with van der Waals surface area (Å²) in [6.45, 7) is 0.831. The molecule has 1 aromatic rings. The maximum atomic E-state index is 11.5. The molecule has 2 heterocycles. The van der Waals surface area contributed by atoms with E-state index in [2.05, 4.69) is 4.98 Å². The molecule has 70 valence electrons. The predicted octanol–water partition coefficient (Wildman–Crippen LogP) is 0.997. The molecule has 1 atom stereocenters. The van der Waals surface area contributed by atoms with Crippen LogP contribution in [0.5, 0.6) is 0 Å². The first-order chi connectivity index (χ1) is 6.27. The van der Waals surface area contributed by atoms with Crippen LogP contribution in [0.3, 0.4) is 0 Å². The zero-order chi connectivity index (χ0) is 9.26. The molecule has 1 unspecified atom stereocenters. The van der Waals surface area contributed by atoms with Gasteiger partial charge in [-0.3, -0.25) is 4.79 Å². The molecule has 1 aromatic heterocycles. The highest BCUT2D eigenvalue weighted by Crippen LogP contribution is 2.28. The van der Waals surface area contributed by atoms with Crippen molar-refractivity contribution in [3.05, 3.63) is 12.5 Å². The fourth-order valence-corrected chi connectivity index (χ4v) is 2.27. The number of nitrogens with zero attached hydrogens (tertiary/aromatic N) is 2. The highest BCUT2D eigenvalue weighted by atomic mass is 32.2. The summed E-state index contributed by atoms with van der Waals surface area (Å²) in [5, 5.41) is 0.567. The quantitative estimate of drug-likeness (QED) is 0.711. The maximum Gasteiger partial charge on any atom is 0.256 e. The molecule has 4 nitrogen and oxygen atoms in total. The highest BCUT2D eigenvalue weighted by Gasteiger charge is 2.30. The van der Waals surface area contributed by atoms with E-state index in [4.69, 9.17) is 4.42 Å². The van der Waals surface area contributed by atoms with Gasteiger partial charge < -0.3 is 9.32 Å². The number of likely N-dealkylation sites (tertiary alicyclic amines) is 1. The van der Waals surface area contributed by atoms with Crippen LogP contribution in [0, 0.1) is 0 Å². The molecule has 0 saturated carbocycles. The summed E-state index contributed by atoms with van der Waals surface area (Å²) in [5.74, 6) is 0.170. The molecular weight excluding hydrogens is 188 g/mol. The Balaban J connectivity index is 2.00. The van der Waals surface area contributed by atoms with Gasteiger partial charge in [0.2, 0.25) is 5.91 Å². The van der Waals surface area contributed by atoms with E-state index in [0.717, 1.165) is 13.0 Å². The summed E-state index contributed by atoms with van der Waals surface area (Å²) in [5.41, 5.74) is 0. The van der Waals surface area contributed by atoms with Gasteiger partial charge in [-0.2, -0.15) is 0 Å². The van der Waals surface area contributed by atoms with E-state index in [9.17, 15) is 4.79 Å². The minimum atomic E-state index is -0.0105. The fraction of sp³-hybridized carbons (Fsp3) is 0.500. The van der Waals surface area contributed by atoms with Crippen molar-refractivity contribution in [3.8, 4) is 0 Å². The Hall–Kier alpha value is -0.970. The lowest BCUT2D eigenvalue weighted by Gasteiger charge is -2.07. The zero-order valence-electron chi connectivity index (χ0n) is 7.27. The number of thioether (sulfide) groups is 1. The molecular formula is C8H10N2O2S. The van der Waals surface area contributed by atoms with Gasteiger partial charge in [0, 0.05) is 13.6 Å². The summed E-state index contributed by atoms with van der Waals surface area (Å²) in [6, 6.07) is 0. The molecule has 1 saturated heterocycles. The minimum Gasteiger partial charge on any atom is -0.440 e. The van der Waals surface area contributed by atoms with Gasteiger partial charge in [-0.25, -0.2) is 4.98 Å². The van der Waals surface area contributed by atoms with Gasteiger partial charge in [0.1, 0.15) is 6.26 Å². The van der Waals surface area contributed by atoms with Crippen molar-refractivity contribution in [1.29, 1.82) is 0 Å². The minimum absolute atomic E-state index is 0.0105. The maximum absolute atomic E-state index is 11.5. The second kappa shape index (κ2) is 3.41. The molecule has 2 rings (SSSR count). The Morgan fingerprint density at radius 3 is 3.15 bits per heavy atom. The summed E-state index contributed by atoms with van der Waals surface area (Å²) < 4.78 is 5.06. The lowest BCUT2D eigenvalue weighted by Crippen LogP contribution is -2.23. The molecule has 0 aliphatic carbocycles. The van der Waals surface area contributed by atoms with E-state index in [1.165, 1.54) is 18.0 Å². The van der Waals surface area contributed by atoms with Gasteiger partial charge in [-0.1, -0.05) is 11.8 Å². The topological polar surface area (TPSA) is 46.3 Å². The molecule has 0 bridgehead atoms. The van der Waals surface area contributed by atoms with Gasteiger partial charge in [0.25, 0.3) is 5.22 Å². The average Bonchev–Trinajstić information content (AvgIpc) is 2.71.